The number of amides is 1. The Balaban J connectivity index is 1.04. The third-order valence-corrected chi connectivity index (χ3v) is 8.10. The fourth-order valence-corrected chi connectivity index (χ4v) is 5.87. The van der Waals surface area contributed by atoms with Crippen LogP contribution in [-0.2, 0) is 23.3 Å². The van der Waals surface area contributed by atoms with Crippen molar-refractivity contribution < 1.29 is 14.3 Å². The van der Waals surface area contributed by atoms with Crippen molar-refractivity contribution in [3.8, 4) is 22.8 Å². The van der Waals surface area contributed by atoms with E-state index in [1.54, 1.807) is 0 Å². The van der Waals surface area contributed by atoms with Crippen LogP contribution in [0.15, 0.2) is 48.7 Å². The summed E-state index contributed by atoms with van der Waals surface area (Å²) in [6.45, 7) is 10.1. The van der Waals surface area contributed by atoms with Crippen molar-refractivity contribution >= 4 is 5.91 Å². The van der Waals surface area contributed by atoms with Gasteiger partial charge in [0.25, 0.3) is 0 Å². The number of fused-ring (bicyclic) bond motifs is 4. The highest BCUT2D eigenvalue weighted by Crippen LogP contribution is 2.37. The van der Waals surface area contributed by atoms with E-state index in [9.17, 15) is 4.79 Å². The molecule has 3 fully saturated rings. The molecule has 1 unspecified atom stereocenters. The lowest BCUT2D eigenvalue weighted by Crippen LogP contribution is -2.57. The quantitative estimate of drug-likeness (QED) is 0.550. The molecule has 0 aliphatic carbocycles. The molecule has 5 heterocycles. The van der Waals surface area contributed by atoms with Crippen LogP contribution in [0.1, 0.15) is 44.7 Å². The van der Waals surface area contributed by atoms with E-state index >= 15 is 0 Å². The minimum Gasteiger partial charge on any atom is -0.454 e. The van der Waals surface area contributed by atoms with Gasteiger partial charge in [0, 0.05) is 24.7 Å². The third kappa shape index (κ3) is 4.94. The molecule has 4 aliphatic rings. The van der Waals surface area contributed by atoms with Gasteiger partial charge in [-0.15, -0.1) is 5.10 Å². The van der Waals surface area contributed by atoms with Crippen molar-refractivity contribution in [2.24, 2.45) is 11.8 Å². The molecule has 2 aromatic carbocycles. The average Bonchev–Trinajstić information content (AvgIpc) is 3.56. The molecule has 1 amide bonds. The van der Waals surface area contributed by atoms with E-state index in [0.717, 1.165) is 60.8 Å². The lowest BCUT2D eigenvalue weighted by molar-refractivity contribution is -0.133. The minimum absolute atomic E-state index is 0.0339. The molecule has 3 aromatic rings. The lowest BCUT2D eigenvalue weighted by atomic mass is 9.75. The first kappa shape index (κ1) is 24.0. The highest BCUT2D eigenvalue weighted by molar-refractivity contribution is 5.79. The Labute approximate surface area is 217 Å². The molecule has 4 atom stereocenters. The summed E-state index contributed by atoms with van der Waals surface area (Å²) >= 11 is 0. The van der Waals surface area contributed by atoms with Crippen LogP contribution in [0.25, 0.3) is 11.3 Å². The maximum atomic E-state index is 13.1. The second-order valence-electron chi connectivity index (χ2n) is 11.6. The van der Waals surface area contributed by atoms with Gasteiger partial charge in [-0.25, -0.2) is 0 Å². The van der Waals surface area contributed by atoms with Gasteiger partial charge in [-0.05, 0) is 54.0 Å². The molecule has 3 saturated heterocycles. The van der Waals surface area contributed by atoms with E-state index in [2.05, 4.69) is 65.6 Å². The molecule has 0 radical (unpaired) electrons. The molecule has 37 heavy (non-hydrogen) atoms. The molecule has 8 heteroatoms. The van der Waals surface area contributed by atoms with E-state index in [-0.39, 0.29) is 24.0 Å². The van der Waals surface area contributed by atoms with Crippen molar-refractivity contribution in [2.75, 3.05) is 19.9 Å². The van der Waals surface area contributed by atoms with Gasteiger partial charge < -0.3 is 14.8 Å². The van der Waals surface area contributed by atoms with Crippen molar-refractivity contribution in [1.82, 2.24) is 25.2 Å². The Morgan fingerprint density at radius 2 is 1.92 bits per heavy atom. The van der Waals surface area contributed by atoms with Crippen molar-refractivity contribution in [2.45, 2.75) is 58.2 Å². The molecule has 0 spiro atoms. The van der Waals surface area contributed by atoms with Gasteiger partial charge in [-0.2, -0.15) is 0 Å². The van der Waals surface area contributed by atoms with Crippen LogP contribution in [0.4, 0.5) is 0 Å². The van der Waals surface area contributed by atoms with E-state index in [1.165, 1.54) is 5.56 Å². The summed E-state index contributed by atoms with van der Waals surface area (Å²) < 4.78 is 12.8. The Kier molecular flexibility index (Phi) is 6.15. The van der Waals surface area contributed by atoms with E-state index in [1.807, 2.05) is 29.1 Å². The number of aromatic nitrogens is 3. The molecular weight excluding hydrogens is 466 g/mol. The minimum atomic E-state index is 0.0339. The van der Waals surface area contributed by atoms with Crippen LogP contribution in [0.2, 0.25) is 0 Å². The van der Waals surface area contributed by atoms with Crippen molar-refractivity contribution in [1.29, 1.82) is 0 Å². The summed E-state index contributed by atoms with van der Waals surface area (Å²) in [5.41, 5.74) is 4.45. The number of hydrogen-bond acceptors (Lipinski definition) is 6. The van der Waals surface area contributed by atoms with E-state index in [4.69, 9.17) is 9.47 Å². The molecule has 1 aromatic heterocycles. The molecule has 194 valence electrons. The number of carbonyl (C=O) groups excluding carboxylic acids is 1. The molecule has 1 N–H and O–H groups in total. The molecule has 4 aliphatic heterocycles. The zero-order valence-corrected chi connectivity index (χ0v) is 21.8. The molecule has 7 rings (SSSR count). The van der Waals surface area contributed by atoms with E-state index in [0.29, 0.717) is 18.5 Å². The Morgan fingerprint density at radius 3 is 2.68 bits per heavy atom. The third-order valence-electron chi connectivity index (χ3n) is 8.10. The van der Waals surface area contributed by atoms with Gasteiger partial charge in [0.15, 0.2) is 11.5 Å². The fraction of sp³-hybridized carbons (Fsp3) is 0.483. The highest BCUT2D eigenvalue weighted by Gasteiger charge is 2.43. The number of ether oxygens (including phenoxy) is 2. The SMILES string of the molecule is CC(C)(C)c1ccc(-c2cn(C[C@H]3C[C@@H]4CCN3C[C@@H]4C(=O)NCc3ccc4c(c3)OCO4)nn2)cc1. The monoisotopic (exact) mass is 501 g/mol. The average molecular weight is 502 g/mol. The fourth-order valence-electron chi connectivity index (χ4n) is 5.87. The number of carbonyl (C=O) groups is 1. The lowest BCUT2D eigenvalue weighted by Gasteiger charge is -2.49. The highest BCUT2D eigenvalue weighted by atomic mass is 16.7. The number of benzene rings is 2. The number of nitrogens with one attached hydrogen (secondary N) is 1. The van der Waals surface area contributed by atoms with Gasteiger partial charge in [-0.1, -0.05) is 56.3 Å². The van der Waals surface area contributed by atoms with Crippen molar-refractivity contribution in [3.05, 3.63) is 59.8 Å². The zero-order valence-electron chi connectivity index (χ0n) is 21.8. The van der Waals surface area contributed by atoms with Crippen LogP contribution in [-0.4, -0.2) is 51.7 Å². The van der Waals surface area contributed by atoms with Crippen LogP contribution in [0, 0.1) is 11.8 Å². The summed E-state index contributed by atoms with van der Waals surface area (Å²) in [7, 11) is 0. The summed E-state index contributed by atoms with van der Waals surface area (Å²) in [4.78, 5) is 15.5. The standard InChI is InChI=1S/C29H35N5O3/c1-29(2,3)22-7-5-20(6-8-22)25-17-34(32-31-25)15-23-13-21-10-11-33(23)16-24(21)28(35)30-14-19-4-9-26-27(12-19)37-18-36-26/h4-9,12,17,21,23-24H,10-11,13-16,18H2,1-3H3,(H,30,35)/t21-,23+,24-/m0/s1. The first-order chi connectivity index (χ1) is 17.8. The number of nitrogens with zero attached hydrogens (tertiary/aromatic N) is 4. The molecule has 2 bridgehead atoms. The molecular formula is C29H35N5O3. The van der Waals surface area contributed by atoms with Gasteiger partial charge >= 0.3 is 0 Å². The summed E-state index contributed by atoms with van der Waals surface area (Å²) in [6.07, 6.45) is 4.13. The molecule has 8 nitrogen and oxygen atoms in total. The van der Waals surface area contributed by atoms with Gasteiger partial charge in [0.2, 0.25) is 12.7 Å². The van der Waals surface area contributed by atoms with Gasteiger partial charge in [-0.3, -0.25) is 14.4 Å². The first-order valence-electron chi connectivity index (χ1n) is 13.2. The van der Waals surface area contributed by atoms with Gasteiger partial charge in [0.05, 0.1) is 18.7 Å². The van der Waals surface area contributed by atoms with Gasteiger partial charge in [0.1, 0.15) is 5.69 Å². The Morgan fingerprint density at radius 1 is 1.11 bits per heavy atom. The van der Waals surface area contributed by atoms with Crippen molar-refractivity contribution in [3.63, 3.8) is 0 Å². The largest absolute Gasteiger partial charge is 0.454 e. The topological polar surface area (TPSA) is 81.5 Å². The predicted octanol–water partition coefficient (Wildman–Crippen LogP) is 4.00. The smallest absolute Gasteiger partial charge is 0.231 e. The Hall–Kier alpha value is -3.39. The van der Waals surface area contributed by atoms with Crippen LogP contribution >= 0.6 is 0 Å². The zero-order chi connectivity index (χ0) is 25.6. The predicted molar refractivity (Wildman–Crippen MR) is 140 cm³/mol. The number of piperidine rings is 3. The summed E-state index contributed by atoms with van der Waals surface area (Å²) in [6, 6.07) is 14.8. The summed E-state index contributed by atoms with van der Waals surface area (Å²) in [5, 5.41) is 12.0. The Bertz CT molecular complexity index is 1280. The van der Waals surface area contributed by atoms with Crippen LogP contribution in [0.5, 0.6) is 11.5 Å². The number of hydrogen-bond donors (Lipinski definition) is 1. The van der Waals surface area contributed by atoms with Crippen LogP contribution < -0.4 is 14.8 Å². The second-order valence-corrected chi connectivity index (χ2v) is 11.6. The van der Waals surface area contributed by atoms with Crippen LogP contribution in [0.3, 0.4) is 0 Å². The second kappa shape index (κ2) is 9.49. The first-order valence-corrected chi connectivity index (χ1v) is 13.2. The summed E-state index contributed by atoms with van der Waals surface area (Å²) in [5.74, 6) is 2.09. The normalized spacial score (nSPS) is 24.3. The number of rotatable bonds is 6. The maximum absolute atomic E-state index is 13.1. The van der Waals surface area contributed by atoms with E-state index < -0.39 is 0 Å². The molecule has 0 saturated carbocycles. The maximum Gasteiger partial charge on any atom is 0.231 e.